The zero-order chi connectivity index (χ0) is 9.78. The third kappa shape index (κ3) is 3.37. The van der Waals surface area contributed by atoms with E-state index in [1.54, 1.807) is 13.8 Å². The maximum Gasteiger partial charge on any atom is 0.303 e. The summed E-state index contributed by atoms with van der Waals surface area (Å²) in [6, 6.07) is 0. The van der Waals surface area contributed by atoms with Crippen molar-refractivity contribution in [1.82, 2.24) is 0 Å². The third-order valence-electron chi connectivity index (χ3n) is 1.90. The molecule has 0 aliphatic carbocycles. The smallest absolute Gasteiger partial charge is 0.303 e. The van der Waals surface area contributed by atoms with Crippen LogP contribution in [0.4, 0.5) is 0 Å². The van der Waals surface area contributed by atoms with Crippen LogP contribution < -0.4 is 0 Å². The van der Waals surface area contributed by atoms with Crippen LogP contribution in [-0.2, 0) is 4.79 Å². The molecule has 12 heavy (non-hydrogen) atoms. The van der Waals surface area contributed by atoms with E-state index < -0.39 is 11.6 Å². The number of hydrogen-bond donors (Lipinski definition) is 2. The van der Waals surface area contributed by atoms with Gasteiger partial charge in [0.25, 0.3) is 0 Å². The average molecular weight is 170 g/mol. The van der Waals surface area contributed by atoms with Crippen molar-refractivity contribution in [3.05, 3.63) is 17.9 Å². The second kappa shape index (κ2) is 4.10. The monoisotopic (exact) mass is 170 g/mol. The van der Waals surface area contributed by atoms with Crippen LogP contribution in [0.25, 0.3) is 0 Å². The zero-order valence-corrected chi connectivity index (χ0v) is 7.42. The van der Waals surface area contributed by atoms with Crippen LogP contribution in [0.2, 0.25) is 0 Å². The maximum absolute atomic E-state index is 10.2. The van der Waals surface area contributed by atoms with Crippen molar-refractivity contribution >= 4 is 5.97 Å². The van der Waals surface area contributed by atoms with Gasteiger partial charge in [0.1, 0.15) is 0 Å². The van der Waals surface area contributed by atoms with Gasteiger partial charge in [0.05, 0.1) is 5.60 Å². The predicted octanol–water partition coefficient (Wildman–Crippen LogP) is 1.33. The van der Waals surface area contributed by atoms with Gasteiger partial charge in [-0.15, -0.1) is 5.73 Å². The molecule has 0 fully saturated rings. The molecular formula is C9H14O3. The van der Waals surface area contributed by atoms with E-state index in [1.165, 1.54) is 0 Å². The van der Waals surface area contributed by atoms with Gasteiger partial charge in [0.15, 0.2) is 0 Å². The SMILES string of the molecule is C=C=C(C)C(C)(O)CCC(=O)O. The first-order valence-corrected chi connectivity index (χ1v) is 3.71. The summed E-state index contributed by atoms with van der Waals surface area (Å²) >= 11 is 0. The number of carboxylic acids is 1. The number of carbonyl (C=O) groups is 1. The van der Waals surface area contributed by atoms with Crippen molar-refractivity contribution in [2.75, 3.05) is 0 Å². The molecule has 68 valence electrons. The Kier molecular flexibility index (Phi) is 3.74. The van der Waals surface area contributed by atoms with Crippen LogP contribution in [0, 0.1) is 0 Å². The van der Waals surface area contributed by atoms with Crippen LogP contribution >= 0.6 is 0 Å². The minimum atomic E-state index is -1.10. The second-order valence-electron chi connectivity index (χ2n) is 2.97. The lowest BCUT2D eigenvalue weighted by atomic mass is 9.93. The van der Waals surface area contributed by atoms with Crippen molar-refractivity contribution in [3.8, 4) is 0 Å². The minimum absolute atomic E-state index is 0.0496. The fourth-order valence-corrected chi connectivity index (χ4v) is 0.728. The molecule has 0 aromatic heterocycles. The van der Waals surface area contributed by atoms with Crippen LogP contribution in [0.5, 0.6) is 0 Å². The first-order chi connectivity index (χ1) is 5.40. The lowest BCUT2D eigenvalue weighted by Crippen LogP contribution is -2.26. The molecule has 0 spiro atoms. The summed E-state index contributed by atoms with van der Waals surface area (Å²) in [6.07, 6.45) is 0.142. The fraction of sp³-hybridized carbons (Fsp3) is 0.556. The topological polar surface area (TPSA) is 57.5 Å². The largest absolute Gasteiger partial charge is 0.481 e. The average Bonchev–Trinajstić information content (AvgIpc) is 1.99. The molecule has 0 aliphatic heterocycles. The molecule has 1 unspecified atom stereocenters. The van der Waals surface area contributed by atoms with Crippen molar-refractivity contribution in [1.29, 1.82) is 0 Å². The predicted molar refractivity (Wildman–Crippen MR) is 45.8 cm³/mol. The van der Waals surface area contributed by atoms with E-state index in [1.807, 2.05) is 0 Å². The first kappa shape index (κ1) is 11.0. The molecule has 3 nitrogen and oxygen atoms in total. The molecule has 0 aromatic rings. The Bertz CT molecular complexity index is 222. The molecule has 0 saturated heterocycles. The highest BCUT2D eigenvalue weighted by molar-refractivity contribution is 5.66. The molecule has 2 N–H and O–H groups in total. The van der Waals surface area contributed by atoms with Gasteiger partial charge in [-0.05, 0) is 25.8 Å². The van der Waals surface area contributed by atoms with Gasteiger partial charge >= 0.3 is 5.97 Å². The Morgan fingerprint density at radius 3 is 2.50 bits per heavy atom. The third-order valence-corrected chi connectivity index (χ3v) is 1.90. The molecule has 0 amide bonds. The number of aliphatic carboxylic acids is 1. The maximum atomic E-state index is 10.2. The molecule has 3 heteroatoms. The van der Waals surface area contributed by atoms with E-state index in [9.17, 15) is 9.90 Å². The Morgan fingerprint density at radius 2 is 2.17 bits per heavy atom. The Balaban J connectivity index is 4.23. The van der Waals surface area contributed by atoms with Gasteiger partial charge in [-0.1, -0.05) is 6.58 Å². The second-order valence-corrected chi connectivity index (χ2v) is 2.97. The van der Waals surface area contributed by atoms with E-state index in [-0.39, 0.29) is 12.8 Å². The van der Waals surface area contributed by atoms with E-state index in [0.717, 1.165) is 0 Å². The number of rotatable bonds is 4. The number of carboxylic acid groups (broad SMARTS) is 1. The zero-order valence-electron chi connectivity index (χ0n) is 7.42. The van der Waals surface area contributed by atoms with Crippen molar-refractivity contribution in [2.45, 2.75) is 32.3 Å². The van der Waals surface area contributed by atoms with E-state index in [4.69, 9.17) is 5.11 Å². The lowest BCUT2D eigenvalue weighted by molar-refractivity contribution is -0.138. The summed E-state index contributed by atoms with van der Waals surface area (Å²) in [5.41, 5.74) is 2.03. The summed E-state index contributed by atoms with van der Waals surface area (Å²) in [6.45, 7) is 6.62. The molecule has 0 bridgehead atoms. The quantitative estimate of drug-likeness (QED) is 0.626. The number of aliphatic hydroxyl groups is 1. The molecule has 0 aliphatic rings. The van der Waals surface area contributed by atoms with Crippen LogP contribution in [0.1, 0.15) is 26.7 Å². The van der Waals surface area contributed by atoms with Crippen LogP contribution in [0.15, 0.2) is 17.9 Å². The van der Waals surface area contributed by atoms with Crippen LogP contribution in [-0.4, -0.2) is 21.8 Å². The lowest BCUT2D eigenvalue weighted by Gasteiger charge is -2.21. The molecule has 0 rings (SSSR count). The Hall–Kier alpha value is -1.05. The van der Waals surface area contributed by atoms with Gasteiger partial charge in [0.2, 0.25) is 0 Å². The highest BCUT2D eigenvalue weighted by atomic mass is 16.4. The van der Waals surface area contributed by atoms with Gasteiger partial charge in [-0.3, -0.25) is 4.79 Å². The summed E-state index contributed by atoms with van der Waals surface area (Å²) in [4.78, 5) is 10.2. The summed E-state index contributed by atoms with van der Waals surface area (Å²) < 4.78 is 0. The summed E-state index contributed by atoms with van der Waals surface area (Å²) in [5.74, 6) is -0.910. The van der Waals surface area contributed by atoms with Crippen molar-refractivity contribution < 1.29 is 15.0 Å². The standard InChI is InChI=1S/C9H14O3/c1-4-7(2)9(3,12)6-5-8(10)11/h12H,1,5-6H2,2-3H3,(H,10,11). The van der Waals surface area contributed by atoms with Gasteiger partial charge in [0, 0.05) is 6.42 Å². The van der Waals surface area contributed by atoms with E-state index in [2.05, 4.69) is 12.3 Å². The van der Waals surface area contributed by atoms with E-state index >= 15 is 0 Å². The Morgan fingerprint density at radius 1 is 1.67 bits per heavy atom. The fourth-order valence-electron chi connectivity index (χ4n) is 0.728. The molecule has 0 saturated carbocycles. The van der Waals surface area contributed by atoms with Gasteiger partial charge in [-0.2, -0.15) is 0 Å². The number of hydrogen-bond acceptors (Lipinski definition) is 2. The normalized spacial score (nSPS) is 14.6. The van der Waals surface area contributed by atoms with Gasteiger partial charge in [-0.25, -0.2) is 0 Å². The van der Waals surface area contributed by atoms with Crippen molar-refractivity contribution in [2.24, 2.45) is 0 Å². The summed E-state index contributed by atoms with van der Waals surface area (Å²) in [5, 5.41) is 18.0. The minimum Gasteiger partial charge on any atom is -0.481 e. The van der Waals surface area contributed by atoms with Gasteiger partial charge < -0.3 is 10.2 Å². The summed E-state index contributed by atoms with van der Waals surface area (Å²) in [7, 11) is 0. The molecule has 0 aromatic carbocycles. The molecule has 1 atom stereocenters. The van der Waals surface area contributed by atoms with E-state index in [0.29, 0.717) is 5.57 Å². The first-order valence-electron chi connectivity index (χ1n) is 3.71. The van der Waals surface area contributed by atoms with Crippen LogP contribution in [0.3, 0.4) is 0 Å². The molecule has 0 radical (unpaired) electrons. The molecule has 0 heterocycles. The Labute approximate surface area is 72.0 Å². The molecular weight excluding hydrogens is 156 g/mol. The highest BCUT2D eigenvalue weighted by Gasteiger charge is 2.23. The highest BCUT2D eigenvalue weighted by Crippen LogP contribution is 2.20. The van der Waals surface area contributed by atoms with Crippen molar-refractivity contribution in [3.63, 3.8) is 0 Å².